The van der Waals surface area contributed by atoms with Crippen LogP contribution in [0, 0.1) is 0 Å². The number of anilines is 2. The van der Waals surface area contributed by atoms with Gasteiger partial charge < -0.3 is 10.1 Å². The molecule has 0 spiro atoms. The van der Waals surface area contributed by atoms with Gasteiger partial charge in [0.25, 0.3) is 15.9 Å². The highest BCUT2D eigenvalue weighted by atomic mass is 32.2. The summed E-state index contributed by atoms with van der Waals surface area (Å²) in [6.07, 6.45) is 2.63. The van der Waals surface area contributed by atoms with Crippen LogP contribution in [0.4, 0.5) is 10.8 Å². The van der Waals surface area contributed by atoms with Gasteiger partial charge in [-0.05, 0) is 42.0 Å². The van der Waals surface area contributed by atoms with Gasteiger partial charge in [-0.2, -0.15) is 0 Å². The number of nitrogens with zero attached hydrogens (tertiary/aromatic N) is 2. The number of benzene rings is 2. The van der Waals surface area contributed by atoms with Crippen molar-refractivity contribution < 1.29 is 26.4 Å². The fourth-order valence-electron chi connectivity index (χ4n) is 2.58. The van der Waals surface area contributed by atoms with Crippen molar-refractivity contribution in [3.05, 3.63) is 65.7 Å². The van der Waals surface area contributed by atoms with Crippen molar-refractivity contribution in [1.82, 2.24) is 9.29 Å². The van der Waals surface area contributed by atoms with Crippen LogP contribution in [-0.4, -0.2) is 51.9 Å². The zero-order valence-electron chi connectivity index (χ0n) is 17.8. The highest BCUT2D eigenvalue weighted by molar-refractivity contribution is 7.93. The fourth-order valence-corrected chi connectivity index (χ4v) is 4.75. The van der Waals surface area contributed by atoms with E-state index in [0.717, 1.165) is 11.8 Å². The summed E-state index contributed by atoms with van der Waals surface area (Å²) in [5.41, 5.74) is 1.19. The second-order valence-corrected chi connectivity index (χ2v) is 11.6. The van der Waals surface area contributed by atoms with E-state index >= 15 is 0 Å². The maximum absolute atomic E-state index is 12.3. The molecular weight excluding hydrogens is 488 g/mol. The van der Waals surface area contributed by atoms with Crippen molar-refractivity contribution in [2.45, 2.75) is 11.4 Å². The molecule has 13 heteroatoms. The van der Waals surface area contributed by atoms with Crippen molar-refractivity contribution in [1.29, 1.82) is 0 Å². The average Bonchev–Trinajstić information content (AvgIpc) is 3.25. The van der Waals surface area contributed by atoms with Crippen molar-refractivity contribution >= 4 is 48.1 Å². The van der Waals surface area contributed by atoms with E-state index < -0.39 is 26.0 Å². The molecule has 0 saturated heterocycles. The van der Waals surface area contributed by atoms with Gasteiger partial charge in [-0.25, -0.2) is 26.1 Å². The number of amides is 1. The molecule has 0 aliphatic heterocycles. The summed E-state index contributed by atoms with van der Waals surface area (Å²) in [7, 11) is -5.56. The number of nitrogens with one attached hydrogen (secondary N) is 2. The van der Waals surface area contributed by atoms with Gasteiger partial charge >= 0.3 is 0 Å². The molecule has 3 rings (SSSR count). The van der Waals surface area contributed by atoms with Crippen LogP contribution in [0.1, 0.15) is 5.56 Å². The van der Waals surface area contributed by atoms with Gasteiger partial charge in [-0.1, -0.05) is 12.1 Å². The van der Waals surface area contributed by atoms with Crippen LogP contribution in [0.2, 0.25) is 0 Å². The molecule has 1 amide bonds. The first-order valence-corrected chi connectivity index (χ1v) is 13.7. The monoisotopic (exact) mass is 510 g/mol. The summed E-state index contributed by atoms with van der Waals surface area (Å²) in [6.45, 7) is -0.0289. The van der Waals surface area contributed by atoms with Crippen LogP contribution < -0.4 is 14.8 Å². The van der Waals surface area contributed by atoms with Crippen LogP contribution in [-0.2, 0) is 31.4 Å². The standard InChI is InChI=1S/C20H22N4O6S3/c1-24(32(2,26)27)13-15-3-7-17(8-4-15)30-14-19(25)22-16-5-9-18(10-6-16)33(28,29)23-20-21-11-12-31-20/h3-12H,13-14H2,1-2H3,(H,21,23)(H,22,25). The van der Waals surface area contributed by atoms with E-state index in [1.165, 1.54) is 53.2 Å². The first kappa shape index (κ1) is 24.6. The number of hydrogen-bond donors (Lipinski definition) is 2. The van der Waals surface area contributed by atoms with E-state index in [4.69, 9.17) is 4.74 Å². The number of thiazole rings is 1. The number of ether oxygens (including phenoxy) is 1. The lowest BCUT2D eigenvalue weighted by molar-refractivity contribution is -0.118. The van der Waals surface area contributed by atoms with Crippen LogP contribution in [0.15, 0.2) is 65.0 Å². The summed E-state index contributed by atoms with van der Waals surface area (Å²) >= 11 is 1.17. The van der Waals surface area contributed by atoms with E-state index in [9.17, 15) is 21.6 Å². The Morgan fingerprint density at radius 2 is 1.73 bits per heavy atom. The summed E-state index contributed by atoms with van der Waals surface area (Å²) in [5, 5.41) is 4.55. The van der Waals surface area contributed by atoms with Gasteiger partial charge in [-0.3, -0.25) is 9.52 Å². The molecule has 1 heterocycles. The third-order valence-electron chi connectivity index (χ3n) is 4.37. The highest BCUT2D eigenvalue weighted by Gasteiger charge is 2.16. The minimum atomic E-state index is -3.77. The molecule has 0 fully saturated rings. The molecule has 0 aliphatic carbocycles. The Balaban J connectivity index is 1.50. The van der Waals surface area contributed by atoms with Crippen molar-refractivity contribution in [3.63, 3.8) is 0 Å². The van der Waals surface area contributed by atoms with Crippen molar-refractivity contribution in [2.75, 3.05) is 29.9 Å². The summed E-state index contributed by atoms with van der Waals surface area (Å²) < 4.78 is 56.7. The third kappa shape index (κ3) is 7.25. The first-order chi connectivity index (χ1) is 15.5. The lowest BCUT2D eigenvalue weighted by atomic mass is 10.2. The SMILES string of the molecule is CN(Cc1ccc(OCC(=O)Nc2ccc(S(=O)(=O)Nc3nccs3)cc2)cc1)S(C)(=O)=O. The van der Waals surface area contributed by atoms with Gasteiger partial charge in [0.15, 0.2) is 11.7 Å². The van der Waals surface area contributed by atoms with E-state index in [1.54, 1.807) is 29.6 Å². The molecule has 0 atom stereocenters. The van der Waals surface area contributed by atoms with Crippen molar-refractivity contribution in [3.8, 4) is 5.75 Å². The van der Waals surface area contributed by atoms with Gasteiger partial charge in [0.2, 0.25) is 10.0 Å². The Morgan fingerprint density at radius 3 is 2.30 bits per heavy atom. The minimum absolute atomic E-state index is 0.0357. The number of carbonyl (C=O) groups is 1. The molecule has 0 unspecified atom stereocenters. The smallest absolute Gasteiger partial charge is 0.263 e. The van der Waals surface area contributed by atoms with E-state index in [2.05, 4.69) is 15.0 Å². The van der Waals surface area contributed by atoms with Gasteiger partial charge in [0.05, 0.1) is 11.2 Å². The zero-order valence-corrected chi connectivity index (χ0v) is 20.2. The third-order valence-corrected chi connectivity index (χ3v) is 7.80. The maximum Gasteiger partial charge on any atom is 0.263 e. The molecule has 1 aromatic heterocycles. The molecule has 0 bridgehead atoms. The second-order valence-electron chi connectivity index (χ2n) is 6.97. The quantitative estimate of drug-likeness (QED) is 0.427. The largest absolute Gasteiger partial charge is 0.484 e. The molecule has 2 aromatic carbocycles. The Hall–Kier alpha value is -3.00. The lowest BCUT2D eigenvalue weighted by Gasteiger charge is -2.14. The molecule has 10 nitrogen and oxygen atoms in total. The zero-order chi connectivity index (χ0) is 24.1. The van der Waals surface area contributed by atoms with Gasteiger partial charge in [0, 0.05) is 30.9 Å². The Bertz CT molecular complexity index is 1290. The number of aromatic nitrogens is 1. The average molecular weight is 511 g/mol. The summed E-state index contributed by atoms with van der Waals surface area (Å²) in [5.74, 6) is 0.0259. The summed E-state index contributed by atoms with van der Waals surface area (Å²) in [6, 6.07) is 12.4. The molecule has 0 radical (unpaired) electrons. The van der Waals surface area contributed by atoms with Crippen LogP contribution in [0.5, 0.6) is 5.75 Å². The van der Waals surface area contributed by atoms with Gasteiger partial charge in [0.1, 0.15) is 5.75 Å². The second kappa shape index (κ2) is 10.3. The van der Waals surface area contributed by atoms with E-state index in [1.807, 2.05) is 0 Å². The number of carbonyl (C=O) groups excluding carboxylic acids is 1. The number of sulfonamides is 2. The molecule has 33 heavy (non-hydrogen) atoms. The van der Waals surface area contributed by atoms with Crippen LogP contribution in [0.25, 0.3) is 0 Å². The Kier molecular flexibility index (Phi) is 7.68. The Labute approximate surface area is 196 Å². The lowest BCUT2D eigenvalue weighted by Crippen LogP contribution is -2.24. The predicted octanol–water partition coefficient (Wildman–Crippen LogP) is 2.35. The molecular formula is C20H22N4O6S3. The molecule has 0 aliphatic rings. The topological polar surface area (TPSA) is 135 Å². The molecule has 176 valence electrons. The number of rotatable bonds is 10. The summed E-state index contributed by atoms with van der Waals surface area (Å²) in [4.78, 5) is 16.1. The maximum atomic E-state index is 12.3. The highest BCUT2D eigenvalue weighted by Crippen LogP contribution is 2.20. The Morgan fingerprint density at radius 1 is 1.06 bits per heavy atom. The van der Waals surface area contributed by atoms with Crippen molar-refractivity contribution in [2.24, 2.45) is 0 Å². The number of hydrogen-bond acceptors (Lipinski definition) is 8. The van der Waals surface area contributed by atoms with E-state index in [-0.39, 0.29) is 23.2 Å². The first-order valence-electron chi connectivity index (χ1n) is 9.48. The minimum Gasteiger partial charge on any atom is -0.484 e. The molecule has 0 saturated carbocycles. The van der Waals surface area contributed by atoms with Crippen LogP contribution >= 0.6 is 11.3 Å². The molecule has 2 N–H and O–H groups in total. The predicted molar refractivity (Wildman–Crippen MR) is 126 cm³/mol. The van der Waals surface area contributed by atoms with Crippen LogP contribution in [0.3, 0.4) is 0 Å². The van der Waals surface area contributed by atoms with Gasteiger partial charge in [-0.15, -0.1) is 11.3 Å². The normalized spacial score (nSPS) is 11.8. The van der Waals surface area contributed by atoms with E-state index in [0.29, 0.717) is 11.4 Å². The molecule has 3 aromatic rings. The fraction of sp³-hybridized carbons (Fsp3) is 0.200.